The standard InChI is InChI=1S/C5H7NO6.3Na/c1-2(3(7)8)6(4(9)10)5(11)12;;;/h2H,1H3,(H,7,8)(H,9,10)(H,11,12);;;/q;3*+1/p-3/t2-;;;/m0.../s1. The zero-order chi connectivity index (χ0) is 9.89. The minimum atomic E-state index is -2.16. The quantitative estimate of drug-likeness (QED) is 0.443. The summed E-state index contributed by atoms with van der Waals surface area (Å²) in [5.41, 5.74) is 0. The van der Waals surface area contributed by atoms with Crippen molar-refractivity contribution >= 4 is 18.2 Å². The van der Waals surface area contributed by atoms with E-state index in [0.29, 0.717) is 0 Å². The molecule has 1 atom stereocenters. The van der Waals surface area contributed by atoms with Gasteiger partial charge in [0.15, 0.2) is 0 Å². The first kappa shape index (κ1) is 25.2. The first-order chi connectivity index (χ1) is 5.37. The van der Waals surface area contributed by atoms with Crippen LogP contribution >= 0.6 is 0 Å². The van der Waals surface area contributed by atoms with Gasteiger partial charge in [-0.25, -0.2) is 0 Å². The predicted molar refractivity (Wildman–Crippen MR) is 27.1 cm³/mol. The third kappa shape index (κ3) is 8.96. The normalized spacial score (nSPS) is 9.40. The van der Waals surface area contributed by atoms with E-state index >= 15 is 0 Å². The second-order valence-electron chi connectivity index (χ2n) is 1.90. The first-order valence-electron chi connectivity index (χ1n) is 2.80. The van der Waals surface area contributed by atoms with Crippen molar-refractivity contribution in [3.05, 3.63) is 0 Å². The van der Waals surface area contributed by atoms with Crippen LogP contribution in [0.5, 0.6) is 0 Å². The molecule has 0 aromatic carbocycles. The van der Waals surface area contributed by atoms with Crippen molar-refractivity contribution in [1.29, 1.82) is 0 Å². The average molecular weight is 243 g/mol. The molecule has 0 saturated carbocycles. The molecule has 0 aromatic rings. The predicted octanol–water partition coefficient (Wildman–Crippen LogP) is -12.9. The van der Waals surface area contributed by atoms with Crippen LogP contribution < -0.4 is 104 Å². The van der Waals surface area contributed by atoms with E-state index in [9.17, 15) is 29.7 Å². The van der Waals surface area contributed by atoms with Crippen LogP contribution in [0.3, 0.4) is 0 Å². The molecular formula is C5H4NNa3O6. The number of carboxylic acid groups (broad SMARTS) is 3. The van der Waals surface area contributed by atoms with Crippen molar-refractivity contribution in [2.75, 3.05) is 0 Å². The van der Waals surface area contributed by atoms with Crippen LogP contribution in [0.15, 0.2) is 0 Å². The van der Waals surface area contributed by atoms with Crippen LogP contribution in [0.4, 0.5) is 9.59 Å². The Kier molecular flexibility index (Phi) is 19.6. The van der Waals surface area contributed by atoms with Gasteiger partial charge in [-0.2, -0.15) is 0 Å². The fourth-order valence-electron chi connectivity index (χ4n) is 0.496. The van der Waals surface area contributed by atoms with E-state index in [1.807, 2.05) is 0 Å². The number of aliphatic carboxylic acids is 1. The molecule has 0 fully saturated rings. The Morgan fingerprint density at radius 3 is 1.27 bits per heavy atom. The summed E-state index contributed by atoms with van der Waals surface area (Å²) in [6.07, 6.45) is -4.32. The van der Waals surface area contributed by atoms with Crippen LogP contribution in [0.2, 0.25) is 0 Å². The Bertz CT molecular complexity index is 221. The van der Waals surface area contributed by atoms with Crippen LogP contribution in [0, 0.1) is 0 Å². The van der Waals surface area contributed by atoms with Crippen LogP contribution in [-0.2, 0) is 4.79 Å². The average Bonchev–Trinajstić information content (AvgIpc) is 1.85. The molecule has 0 unspecified atom stereocenters. The zero-order valence-corrected chi connectivity index (χ0v) is 15.0. The number of imide groups is 1. The van der Waals surface area contributed by atoms with E-state index in [1.165, 1.54) is 0 Å². The van der Waals surface area contributed by atoms with Gasteiger partial charge in [-0.15, -0.1) is 0 Å². The molecule has 7 nitrogen and oxygen atoms in total. The Morgan fingerprint density at radius 1 is 0.933 bits per heavy atom. The second kappa shape index (κ2) is 11.7. The van der Waals surface area contributed by atoms with Gasteiger partial charge in [-0.1, -0.05) is 0 Å². The molecule has 15 heavy (non-hydrogen) atoms. The molecule has 0 N–H and O–H groups in total. The van der Waals surface area contributed by atoms with Crippen molar-refractivity contribution in [2.45, 2.75) is 13.0 Å². The zero-order valence-electron chi connectivity index (χ0n) is 8.97. The first-order valence-corrected chi connectivity index (χ1v) is 2.80. The van der Waals surface area contributed by atoms with Gasteiger partial charge in [-0.3, -0.25) is 0 Å². The molecule has 0 aliphatic rings. The SMILES string of the molecule is C[C@@H](C(=O)[O-])N(C(=O)[O-])C(=O)[O-].[Na+].[Na+].[Na+]. The summed E-state index contributed by atoms with van der Waals surface area (Å²) in [5, 5.41) is 30.0. The van der Waals surface area contributed by atoms with E-state index in [1.54, 1.807) is 0 Å². The Labute approximate surface area is 152 Å². The van der Waals surface area contributed by atoms with E-state index in [-0.39, 0.29) is 88.7 Å². The number of carbonyl (C=O) groups excluding carboxylic acids is 3. The van der Waals surface area contributed by atoms with E-state index in [2.05, 4.69) is 0 Å². The summed E-state index contributed by atoms with van der Waals surface area (Å²) in [4.78, 5) is 29.5. The van der Waals surface area contributed by atoms with Gasteiger partial charge in [0.1, 0.15) is 12.2 Å². The molecule has 0 saturated heterocycles. The molecule has 0 spiro atoms. The minimum absolute atomic E-state index is 0. The Morgan fingerprint density at radius 2 is 1.20 bits per heavy atom. The molecule has 0 radical (unpaired) electrons. The third-order valence-corrected chi connectivity index (χ3v) is 1.12. The number of carbonyl (C=O) groups is 3. The van der Waals surface area contributed by atoms with Gasteiger partial charge < -0.3 is 34.6 Å². The maximum atomic E-state index is 10.0. The van der Waals surface area contributed by atoms with Crippen LogP contribution in [0.25, 0.3) is 0 Å². The number of nitrogens with zero attached hydrogens (tertiary/aromatic N) is 1. The monoisotopic (exact) mass is 243 g/mol. The van der Waals surface area contributed by atoms with Crippen molar-refractivity contribution in [2.24, 2.45) is 0 Å². The van der Waals surface area contributed by atoms with Gasteiger partial charge in [0, 0.05) is 0 Å². The summed E-state index contributed by atoms with van der Waals surface area (Å²) >= 11 is 0. The van der Waals surface area contributed by atoms with Gasteiger partial charge in [0.25, 0.3) is 0 Å². The summed E-state index contributed by atoms with van der Waals surface area (Å²) in [7, 11) is 0. The molecule has 0 rings (SSSR count). The molecular weight excluding hydrogens is 239 g/mol. The van der Waals surface area contributed by atoms with Crippen LogP contribution in [0.1, 0.15) is 6.92 Å². The number of hydrogen-bond acceptors (Lipinski definition) is 6. The third-order valence-electron chi connectivity index (χ3n) is 1.12. The number of carboxylic acids is 1. The number of hydrogen-bond donors (Lipinski definition) is 0. The fourth-order valence-corrected chi connectivity index (χ4v) is 0.496. The molecule has 0 heterocycles. The second-order valence-corrected chi connectivity index (χ2v) is 1.90. The molecule has 0 aliphatic carbocycles. The molecule has 68 valence electrons. The largest absolute Gasteiger partial charge is 1.00 e. The molecule has 0 bridgehead atoms. The van der Waals surface area contributed by atoms with Gasteiger partial charge in [0.05, 0.1) is 12.0 Å². The fraction of sp³-hybridized carbons (Fsp3) is 0.400. The molecule has 2 amide bonds. The molecule has 10 heteroatoms. The van der Waals surface area contributed by atoms with Crippen molar-refractivity contribution in [1.82, 2.24) is 4.90 Å². The van der Waals surface area contributed by atoms with Crippen molar-refractivity contribution < 1.29 is 118 Å². The van der Waals surface area contributed by atoms with E-state index in [0.717, 1.165) is 6.92 Å². The number of rotatable bonds is 2. The van der Waals surface area contributed by atoms with Crippen LogP contribution in [-0.4, -0.2) is 29.1 Å². The summed E-state index contributed by atoms with van der Waals surface area (Å²) in [6, 6.07) is -1.83. The van der Waals surface area contributed by atoms with E-state index < -0.39 is 29.1 Å². The van der Waals surface area contributed by atoms with Gasteiger partial charge >= 0.3 is 88.7 Å². The minimum Gasteiger partial charge on any atom is -0.548 e. The summed E-state index contributed by atoms with van der Waals surface area (Å²) in [5.74, 6) is -1.84. The Hall–Kier alpha value is 1.21. The number of amides is 2. The van der Waals surface area contributed by atoms with Crippen molar-refractivity contribution in [3.8, 4) is 0 Å². The smallest absolute Gasteiger partial charge is 0.548 e. The topological polar surface area (TPSA) is 124 Å². The van der Waals surface area contributed by atoms with Gasteiger partial charge in [-0.05, 0) is 6.92 Å². The molecule has 0 aliphatic heterocycles. The summed E-state index contributed by atoms with van der Waals surface area (Å²) < 4.78 is 0. The maximum Gasteiger partial charge on any atom is 1.00 e. The molecule has 0 aromatic heterocycles. The van der Waals surface area contributed by atoms with Crippen molar-refractivity contribution in [3.63, 3.8) is 0 Å². The van der Waals surface area contributed by atoms with Gasteiger partial charge in [0.2, 0.25) is 0 Å². The maximum absolute atomic E-state index is 10.0. The summed E-state index contributed by atoms with van der Waals surface area (Å²) in [6.45, 7) is 0.820. The van der Waals surface area contributed by atoms with E-state index in [4.69, 9.17) is 0 Å². The Balaban J connectivity index is -0.000000202.